The Balaban J connectivity index is 2.22. The number of rotatable bonds is 6. The smallest absolute Gasteiger partial charge is 0.301 e. The first-order valence-corrected chi connectivity index (χ1v) is 7.28. The summed E-state index contributed by atoms with van der Waals surface area (Å²) in [4.78, 5) is 15.2. The number of benzene rings is 1. The van der Waals surface area contributed by atoms with Gasteiger partial charge in [-0.3, -0.25) is 20.9 Å². The number of pyridine rings is 1. The van der Waals surface area contributed by atoms with Crippen LogP contribution in [0.1, 0.15) is 0 Å². The highest BCUT2D eigenvalue weighted by molar-refractivity contribution is 7.99. The van der Waals surface area contributed by atoms with E-state index in [0.29, 0.717) is 10.6 Å². The third-order valence-corrected chi connectivity index (χ3v) is 3.65. The lowest BCUT2D eigenvalue weighted by Gasteiger charge is -2.05. The standard InChI is InChI=1S/C14H11N7O2S/c15-8-11(13(16)17)20-19-9-3-1-4-10(7-9)24-14-12(21(22)23)5-2-6-18-14/h1-7,19H,(H3,16,17)/b20-11+. The Morgan fingerprint density at radius 3 is 2.92 bits per heavy atom. The van der Waals surface area contributed by atoms with Gasteiger partial charge in [-0.1, -0.05) is 17.8 Å². The van der Waals surface area contributed by atoms with Gasteiger partial charge in [0.05, 0.1) is 10.6 Å². The van der Waals surface area contributed by atoms with E-state index in [2.05, 4.69) is 15.5 Å². The Hall–Kier alpha value is -3.45. The molecule has 0 radical (unpaired) electrons. The van der Waals surface area contributed by atoms with Crippen molar-refractivity contribution < 1.29 is 4.92 Å². The molecule has 0 saturated carbocycles. The van der Waals surface area contributed by atoms with Crippen molar-refractivity contribution in [1.82, 2.24) is 4.98 Å². The molecule has 0 bridgehead atoms. The number of hydrazone groups is 1. The van der Waals surface area contributed by atoms with Crippen molar-refractivity contribution in [3.63, 3.8) is 0 Å². The van der Waals surface area contributed by atoms with Crippen LogP contribution in [0.25, 0.3) is 0 Å². The summed E-state index contributed by atoms with van der Waals surface area (Å²) in [5.41, 5.74) is 8.03. The van der Waals surface area contributed by atoms with Gasteiger partial charge in [0.25, 0.3) is 0 Å². The van der Waals surface area contributed by atoms with Gasteiger partial charge in [0.1, 0.15) is 6.07 Å². The zero-order valence-electron chi connectivity index (χ0n) is 12.1. The predicted octanol–water partition coefficient (Wildman–Crippen LogP) is 2.37. The number of anilines is 1. The van der Waals surface area contributed by atoms with E-state index in [9.17, 15) is 10.1 Å². The van der Waals surface area contributed by atoms with Crippen molar-refractivity contribution in [2.75, 3.05) is 5.43 Å². The molecule has 120 valence electrons. The van der Waals surface area contributed by atoms with Crippen LogP contribution in [0.15, 0.2) is 57.6 Å². The number of hydrogen-bond donors (Lipinski definition) is 3. The molecule has 1 heterocycles. The van der Waals surface area contributed by atoms with E-state index in [-0.39, 0.29) is 16.4 Å². The lowest BCUT2D eigenvalue weighted by atomic mass is 10.3. The lowest BCUT2D eigenvalue weighted by Crippen LogP contribution is -2.21. The number of hydrogen-bond acceptors (Lipinski definition) is 8. The number of nitrogens with two attached hydrogens (primary N) is 1. The van der Waals surface area contributed by atoms with E-state index >= 15 is 0 Å². The number of nitriles is 1. The van der Waals surface area contributed by atoms with Crippen molar-refractivity contribution >= 4 is 34.7 Å². The monoisotopic (exact) mass is 341 g/mol. The quantitative estimate of drug-likeness (QED) is 0.315. The summed E-state index contributed by atoms with van der Waals surface area (Å²) in [5, 5.41) is 31.0. The summed E-state index contributed by atoms with van der Waals surface area (Å²) < 4.78 is 0. The Morgan fingerprint density at radius 2 is 2.25 bits per heavy atom. The molecule has 1 aromatic heterocycles. The average Bonchev–Trinajstić information content (AvgIpc) is 2.56. The van der Waals surface area contributed by atoms with Crippen LogP contribution in [-0.2, 0) is 0 Å². The maximum absolute atomic E-state index is 11.0. The zero-order valence-corrected chi connectivity index (χ0v) is 12.9. The maximum atomic E-state index is 11.0. The maximum Gasteiger partial charge on any atom is 0.301 e. The van der Waals surface area contributed by atoms with E-state index < -0.39 is 10.8 Å². The summed E-state index contributed by atoms with van der Waals surface area (Å²) in [5.74, 6) is -0.445. The van der Waals surface area contributed by atoms with Crippen LogP contribution in [-0.4, -0.2) is 21.5 Å². The van der Waals surface area contributed by atoms with Gasteiger partial charge in [0, 0.05) is 17.2 Å². The number of nitro groups is 1. The molecule has 2 aromatic rings. The first-order chi connectivity index (χ1) is 11.5. The first-order valence-electron chi connectivity index (χ1n) is 6.47. The molecule has 0 atom stereocenters. The van der Waals surface area contributed by atoms with Crippen LogP contribution in [0.4, 0.5) is 11.4 Å². The summed E-state index contributed by atoms with van der Waals surface area (Å²) in [6.45, 7) is 0. The highest BCUT2D eigenvalue weighted by Crippen LogP contribution is 2.33. The van der Waals surface area contributed by atoms with Gasteiger partial charge >= 0.3 is 5.69 Å². The first kappa shape index (κ1) is 16.9. The van der Waals surface area contributed by atoms with Gasteiger partial charge < -0.3 is 5.73 Å². The molecule has 0 aliphatic heterocycles. The Morgan fingerprint density at radius 1 is 1.46 bits per heavy atom. The van der Waals surface area contributed by atoms with Crippen molar-refractivity contribution in [2.45, 2.75) is 9.92 Å². The molecule has 1 aromatic carbocycles. The Kier molecular flexibility index (Phi) is 5.43. The summed E-state index contributed by atoms with van der Waals surface area (Å²) in [7, 11) is 0. The van der Waals surface area contributed by atoms with Crippen molar-refractivity contribution in [2.24, 2.45) is 10.8 Å². The largest absolute Gasteiger partial charge is 0.382 e. The Bertz CT molecular complexity index is 860. The third-order valence-electron chi connectivity index (χ3n) is 2.65. The predicted molar refractivity (Wildman–Crippen MR) is 90.0 cm³/mol. The number of aromatic nitrogens is 1. The zero-order chi connectivity index (χ0) is 17.5. The van der Waals surface area contributed by atoms with Crippen LogP contribution in [0.2, 0.25) is 0 Å². The molecule has 9 nitrogen and oxygen atoms in total. The van der Waals surface area contributed by atoms with E-state index in [0.717, 1.165) is 11.8 Å². The van der Waals surface area contributed by atoms with E-state index in [4.69, 9.17) is 16.4 Å². The second-order valence-corrected chi connectivity index (χ2v) is 5.37. The van der Waals surface area contributed by atoms with Crippen LogP contribution in [0.5, 0.6) is 0 Å². The number of nitrogens with zero attached hydrogens (tertiary/aromatic N) is 4. The van der Waals surface area contributed by atoms with Gasteiger partial charge in [-0.2, -0.15) is 10.4 Å². The SMILES string of the molecule is N#C/C(=N\Nc1cccc(Sc2ncccc2[N+](=O)[O-])c1)C(=N)N. The highest BCUT2D eigenvalue weighted by atomic mass is 32.2. The minimum absolute atomic E-state index is 0.0813. The molecule has 0 amide bonds. The fourth-order valence-electron chi connectivity index (χ4n) is 1.61. The highest BCUT2D eigenvalue weighted by Gasteiger charge is 2.15. The minimum Gasteiger partial charge on any atom is -0.382 e. The van der Waals surface area contributed by atoms with Gasteiger partial charge in [-0.15, -0.1) is 0 Å². The molecular weight excluding hydrogens is 330 g/mol. The van der Waals surface area contributed by atoms with Gasteiger partial charge in [0.15, 0.2) is 10.9 Å². The second kappa shape index (κ2) is 7.70. The van der Waals surface area contributed by atoms with Crippen LogP contribution >= 0.6 is 11.8 Å². The normalized spacial score (nSPS) is 10.7. The lowest BCUT2D eigenvalue weighted by molar-refractivity contribution is -0.388. The molecule has 24 heavy (non-hydrogen) atoms. The molecule has 0 unspecified atom stereocenters. The summed E-state index contributed by atoms with van der Waals surface area (Å²) in [6, 6.07) is 11.4. The molecular formula is C14H11N7O2S. The van der Waals surface area contributed by atoms with E-state index in [1.165, 1.54) is 18.3 Å². The molecule has 0 spiro atoms. The van der Waals surface area contributed by atoms with Gasteiger partial charge in [0.2, 0.25) is 5.71 Å². The second-order valence-electron chi connectivity index (χ2n) is 4.31. The number of nitrogens with one attached hydrogen (secondary N) is 2. The van der Waals surface area contributed by atoms with Crippen molar-refractivity contribution in [3.05, 3.63) is 52.7 Å². The fourth-order valence-corrected chi connectivity index (χ4v) is 2.52. The van der Waals surface area contributed by atoms with Crippen molar-refractivity contribution in [3.8, 4) is 6.07 Å². The van der Waals surface area contributed by atoms with Crippen LogP contribution in [0.3, 0.4) is 0 Å². The van der Waals surface area contributed by atoms with E-state index in [1.807, 2.05) is 0 Å². The Labute approximate surface area is 140 Å². The molecule has 4 N–H and O–H groups in total. The molecule has 0 aliphatic rings. The van der Waals surface area contributed by atoms with Gasteiger partial charge in [-0.05, 0) is 24.3 Å². The molecule has 10 heteroatoms. The van der Waals surface area contributed by atoms with Crippen molar-refractivity contribution in [1.29, 1.82) is 10.7 Å². The average molecular weight is 341 g/mol. The van der Waals surface area contributed by atoms with Crippen LogP contribution in [0, 0.1) is 26.9 Å². The van der Waals surface area contributed by atoms with Crippen LogP contribution < -0.4 is 11.2 Å². The number of amidine groups is 1. The minimum atomic E-state index is -0.492. The molecule has 0 aliphatic carbocycles. The van der Waals surface area contributed by atoms with E-state index in [1.54, 1.807) is 30.3 Å². The van der Waals surface area contributed by atoms with Gasteiger partial charge in [-0.25, -0.2) is 4.98 Å². The molecule has 0 saturated heterocycles. The molecule has 2 rings (SSSR count). The molecule has 0 fully saturated rings. The summed E-state index contributed by atoms with van der Waals surface area (Å²) in [6.07, 6.45) is 1.48. The third kappa shape index (κ3) is 4.28. The summed E-state index contributed by atoms with van der Waals surface area (Å²) >= 11 is 1.13. The fraction of sp³-hybridized carbons (Fsp3) is 0. The topological polar surface area (TPSA) is 154 Å².